The summed E-state index contributed by atoms with van der Waals surface area (Å²) in [5, 5.41) is 16.7. The van der Waals surface area contributed by atoms with Crippen molar-refractivity contribution >= 4 is 38.9 Å². The molecular weight excluding hydrogens is 636 g/mol. The maximum Gasteiger partial charge on any atom is 0.408 e. The number of carbonyl (C=O) groups is 3. The highest BCUT2D eigenvalue weighted by Gasteiger charge is 2.37. The van der Waals surface area contributed by atoms with Gasteiger partial charge in [0, 0.05) is 36.6 Å². The number of carbonyl (C=O) groups excluding carboxylic acids is 2. The van der Waals surface area contributed by atoms with E-state index in [0.717, 1.165) is 46.5 Å². The molecular formula is C35H48N4O8S. The first-order valence-corrected chi connectivity index (χ1v) is 17.9. The van der Waals surface area contributed by atoms with Crippen molar-refractivity contribution in [2.75, 3.05) is 20.2 Å². The molecule has 13 heteroatoms. The summed E-state index contributed by atoms with van der Waals surface area (Å²) in [5.74, 6) is -1.04. The molecule has 2 amide bonds. The predicted octanol–water partition coefficient (Wildman–Crippen LogP) is 5.23. The Morgan fingerprint density at radius 2 is 1.73 bits per heavy atom. The predicted molar refractivity (Wildman–Crippen MR) is 182 cm³/mol. The lowest BCUT2D eigenvalue weighted by atomic mass is 10.0. The summed E-state index contributed by atoms with van der Waals surface area (Å²) in [6, 6.07) is 11.4. The van der Waals surface area contributed by atoms with E-state index in [2.05, 4.69) is 15.6 Å². The van der Waals surface area contributed by atoms with Crippen LogP contribution in [-0.4, -0.2) is 78.7 Å². The number of H-pyrrole nitrogens is 1. The maximum absolute atomic E-state index is 13.8. The number of amides is 2. The van der Waals surface area contributed by atoms with Crippen molar-refractivity contribution in [1.29, 1.82) is 0 Å². The third-order valence-corrected chi connectivity index (χ3v) is 10.4. The number of methoxy groups -OCH3 is 1. The molecule has 1 aromatic heterocycles. The normalized spacial score (nSPS) is 15.3. The van der Waals surface area contributed by atoms with Crippen LogP contribution in [0.15, 0.2) is 59.6 Å². The van der Waals surface area contributed by atoms with Gasteiger partial charge in [0.1, 0.15) is 23.4 Å². The molecule has 1 heterocycles. The number of carboxylic acid groups (broad SMARTS) is 1. The van der Waals surface area contributed by atoms with Crippen LogP contribution in [0.3, 0.4) is 0 Å². The number of aromatic amines is 1. The Hall–Kier alpha value is -4.10. The minimum Gasteiger partial charge on any atom is -0.497 e. The van der Waals surface area contributed by atoms with Gasteiger partial charge in [0.15, 0.2) is 0 Å². The third kappa shape index (κ3) is 9.96. The van der Waals surface area contributed by atoms with E-state index in [4.69, 9.17) is 9.47 Å². The van der Waals surface area contributed by atoms with E-state index >= 15 is 0 Å². The molecule has 1 fully saturated rings. The zero-order valence-electron chi connectivity index (χ0n) is 28.2. The number of benzene rings is 2. The molecule has 0 unspecified atom stereocenters. The Kier molecular flexibility index (Phi) is 12.5. The van der Waals surface area contributed by atoms with Gasteiger partial charge in [0.05, 0.1) is 12.0 Å². The van der Waals surface area contributed by atoms with Gasteiger partial charge in [0.25, 0.3) is 0 Å². The number of nitrogens with zero attached hydrogens (tertiary/aromatic N) is 1. The highest BCUT2D eigenvalue weighted by atomic mass is 32.2. The fourth-order valence-electron chi connectivity index (χ4n) is 6.09. The summed E-state index contributed by atoms with van der Waals surface area (Å²) < 4.78 is 39.4. The Balaban J connectivity index is 1.41. The first-order valence-electron chi connectivity index (χ1n) is 16.5. The van der Waals surface area contributed by atoms with E-state index < -0.39 is 45.7 Å². The summed E-state index contributed by atoms with van der Waals surface area (Å²) >= 11 is 0. The number of sulfonamides is 1. The molecule has 0 aliphatic heterocycles. The van der Waals surface area contributed by atoms with Crippen LogP contribution in [0.4, 0.5) is 4.79 Å². The van der Waals surface area contributed by atoms with Gasteiger partial charge in [-0.3, -0.25) is 9.59 Å². The molecule has 48 heavy (non-hydrogen) atoms. The van der Waals surface area contributed by atoms with E-state index in [9.17, 15) is 27.9 Å². The second-order valence-electron chi connectivity index (χ2n) is 13.3. The first kappa shape index (κ1) is 36.7. The lowest BCUT2D eigenvalue weighted by molar-refractivity contribution is -0.142. The number of fused-ring (bicyclic) bond motifs is 1. The number of carboxylic acids is 1. The van der Waals surface area contributed by atoms with Gasteiger partial charge in [-0.15, -0.1) is 0 Å². The number of para-hydroxylation sites is 1. The van der Waals surface area contributed by atoms with Gasteiger partial charge >= 0.3 is 12.1 Å². The van der Waals surface area contributed by atoms with Crippen molar-refractivity contribution in [2.45, 2.75) is 94.7 Å². The quantitative estimate of drug-likeness (QED) is 0.149. The third-order valence-electron chi connectivity index (χ3n) is 8.52. The molecule has 4 N–H and O–H groups in total. The van der Waals surface area contributed by atoms with E-state index in [1.807, 2.05) is 30.5 Å². The fourth-order valence-corrected chi connectivity index (χ4v) is 7.78. The first-order chi connectivity index (χ1) is 22.8. The SMILES string of the molecule is COc1ccc(S(=O)(=O)N(CC2CCCC2)[C@@H](CCCCNC(=O)[C@H](Cc2c[nH]c3ccccc23)NC(=O)OC(C)(C)C)C(=O)O)cc1. The summed E-state index contributed by atoms with van der Waals surface area (Å²) in [7, 11) is -2.63. The van der Waals surface area contributed by atoms with Crippen LogP contribution in [0.25, 0.3) is 10.9 Å². The average molecular weight is 685 g/mol. The van der Waals surface area contributed by atoms with Gasteiger partial charge in [-0.2, -0.15) is 4.31 Å². The molecule has 0 bridgehead atoms. The van der Waals surface area contributed by atoms with Crippen molar-refractivity contribution in [2.24, 2.45) is 5.92 Å². The van der Waals surface area contributed by atoms with Gasteiger partial charge in [-0.05, 0) is 94.7 Å². The van der Waals surface area contributed by atoms with Crippen LogP contribution < -0.4 is 15.4 Å². The van der Waals surface area contributed by atoms with Crippen LogP contribution in [0.5, 0.6) is 5.75 Å². The number of unbranched alkanes of at least 4 members (excludes halogenated alkanes) is 1. The van der Waals surface area contributed by atoms with E-state index in [0.29, 0.717) is 18.6 Å². The minimum absolute atomic E-state index is 0.0125. The summed E-state index contributed by atoms with van der Waals surface area (Å²) in [6.07, 6.45) is 5.82. The van der Waals surface area contributed by atoms with Crippen molar-refractivity contribution in [3.63, 3.8) is 0 Å². The molecule has 0 spiro atoms. The Morgan fingerprint density at radius 3 is 2.38 bits per heavy atom. The molecule has 3 aromatic rings. The van der Waals surface area contributed by atoms with Crippen LogP contribution in [-0.2, 0) is 30.8 Å². The minimum atomic E-state index is -4.12. The van der Waals surface area contributed by atoms with Gasteiger partial charge in [-0.25, -0.2) is 13.2 Å². The van der Waals surface area contributed by atoms with Crippen LogP contribution in [0.2, 0.25) is 0 Å². The average Bonchev–Trinajstić information content (AvgIpc) is 3.70. The second kappa shape index (κ2) is 16.3. The molecule has 2 atom stereocenters. The van der Waals surface area contributed by atoms with E-state index in [-0.39, 0.29) is 36.7 Å². The summed E-state index contributed by atoms with van der Waals surface area (Å²) in [4.78, 5) is 41.8. The largest absolute Gasteiger partial charge is 0.497 e. The fraction of sp³-hybridized carbons (Fsp3) is 0.514. The van der Waals surface area contributed by atoms with Gasteiger partial charge in [-0.1, -0.05) is 31.0 Å². The zero-order chi connectivity index (χ0) is 34.9. The molecule has 2 aromatic carbocycles. The zero-order valence-corrected chi connectivity index (χ0v) is 29.0. The van der Waals surface area contributed by atoms with Crippen LogP contribution in [0, 0.1) is 5.92 Å². The number of alkyl carbamates (subject to hydrolysis) is 1. The number of aliphatic carboxylic acids is 1. The summed E-state index contributed by atoms with van der Waals surface area (Å²) in [6.45, 7) is 5.56. The lowest BCUT2D eigenvalue weighted by Gasteiger charge is -2.30. The van der Waals surface area contributed by atoms with Crippen LogP contribution in [0.1, 0.15) is 71.3 Å². The smallest absolute Gasteiger partial charge is 0.408 e. The number of aromatic nitrogens is 1. The van der Waals surface area contributed by atoms with E-state index in [1.165, 1.54) is 19.2 Å². The molecule has 0 radical (unpaired) electrons. The van der Waals surface area contributed by atoms with Crippen molar-refractivity contribution < 1.29 is 37.4 Å². The molecule has 262 valence electrons. The van der Waals surface area contributed by atoms with Gasteiger partial charge < -0.3 is 30.2 Å². The van der Waals surface area contributed by atoms with Gasteiger partial charge in [0.2, 0.25) is 15.9 Å². The standard InChI is InChI=1S/C35H48N4O8S/c1-35(2,3)47-34(43)38-30(21-25-22-37-29-14-8-7-13-28(25)29)32(40)36-20-10-9-15-31(33(41)42)39(23-24-11-5-6-12-24)48(44,45)27-18-16-26(46-4)17-19-27/h7-8,13-14,16-19,22,24,30-31,37H,5-6,9-12,15,20-21,23H2,1-4H3,(H,36,40)(H,38,43)(H,41,42)/t30-,31-/m0/s1. The maximum atomic E-state index is 13.8. The Morgan fingerprint density at radius 1 is 1.04 bits per heavy atom. The van der Waals surface area contributed by atoms with E-state index in [1.54, 1.807) is 32.9 Å². The van der Waals surface area contributed by atoms with Crippen molar-refractivity contribution in [3.8, 4) is 5.75 Å². The molecule has 1 aliphatic rings. The number of nitrogens with one attached hydrogen (secondary N) is 3. The number of hydrogen-bond donors (Lipinski definition) is 4. The Labute approximate surface area is 282 Å². The van der Waals surface area contributed by atoms with Crippen molar-refractivity contribution in [1.82, 2.24) is 19.9 Å². The molecule has 4 rings (SSSR count). The number of rotatable bonds is 16. The number of ether oxygens (including phenoxy) is 2. The second-order valence-corrected chi connectivity index (χ2v) is 15.2. The lowest BCUT2D eigenvalue weighted by Crippen LogP contribution is -2.49. The molecule has 0 saturated heterocycles. The highest BCUT2D eigenvalue weighted by Crippen LogP contribution is 2.30. The van der Waals surface area contributed by atoms with Crippen LogP contribution >= 0.6 is 0 Å². The highest BCUT2D eigenvalue weighted by molar-refractivity contribution is 7.89. The summed E-state index contributed by atoms with van der Waals surface area (Å²) in [5.41, 5.74) is 1.01. The molecule has 1 aliphatic carbocycles. The molecule has 12 nitrogen and oxygen atoms in total. The Bertz CT molecular complexity index is 1640. The monoisotopic (exact) mass is 684 g/mol. The van der Waals surface area contributed by atoms with Crippen molar-refractivity contribution in [3.05, 3.63) is 60.3 Å². The molecule has 1 saturated carbocycles. The number of hydrogen-bond acceptors (Lipinski definition) is 7. The topological polar surface area (TPSA) is 167 Å².